The first-order valence-corrected chi connectivity index (χ1v) is 11.3. The van der Waals surface area contributed by atoms with Crippen LogP contribution in [-0.2, 0) is 32.6 Å². The molecule has 33 heavy (non-hydrogen) atoms. The Bertz CT molecular complexity index is 1110. The van der Waals surface area contributed by atoms with E-state index in [-0.39, 0.29) is 48.2 Å². The van der Waals surface area contributed by atoms with Crippen molar-refractivity contribution in [2.75, 3.05) is 13.2 Å². The molecule has 2 aromatic carbocycles. The van der Waals surface area contributed by atoms with E-state index in [4.69, 9.17) is 4.74 Å². The van der Waals surface area contributed by atoms with Crippen molar-refractivity contribution in [3.63, 3.8) is 0 Å². The van der Waals surface area contributed by atoms with E-state index in [1.807, 2.05) is 32.9 Å². The number of hydrogen-bond acceptors (Lipinski definition) is 4. The molecule has 0 aromatic heterocycles. The van der Waals surface area contributed by atoms with E-state index >= 15 is 0 Å². The normalized spacial score (nSPS) is 18.3. The molecule has 1 unspecified atom stereocenters. The van der Waals surface area contributed by atoms with Gasteiger partial charge in [0.25, 0.3) is 0 Å². The molecule has 2 aliphatic heterocycles. The van der Waals surface area contributed by atoms with Crippen molar-refractivity contribution in [2.24, 2.45) is 5.92 Å². The Balaban J connectivity index is 1.58. The number of fused-ring (bicyclic) bond motifs is 1. The molecule has 2 aromatic rings. The number of carbonyl (C=O) groups excluding carboxylic acids is 3. The Hall–Kier alpha value is -3.22. The standard InChI is InChI=1S/C26H29FN2O4/c1-26(2,3)19-6-4-15(10-20(19)27)11-21(30)24(29-25(32)18-13-23(31)28-14-18)17-5-7-22-16(12-17)8-9-33-22/h4-7,10,12,18,24H,8-9,11,13-14H2,1-3H3,(H,28,31)(H,29,32)/t18-,24?/m0/s1. The third-order valence-corrected chi connectivity index (χ3v) is 6.22. The maximum atomic E-state index is 14.7. The summed E-state index contributed by atoms with van der Waals surface area (Å²) in [5, 5.41) is 5.49. The summed E-state index contributed by atoms with van der Waals surface area (Å²) in [5.41, 5.74) is 2.43. The predicted molar refractivity (Wildman–Crippen MR) is 121 cm³/mol. The van der Waals surface area contributed by atoms with Gasteiger partial charge in [-0.15, -0.1) is 0 Å². The van der Waals surface area contributed by atoms with Gasteiger partial charge in [0.05, 0.1) is 12.5 Å². The Labute approximate surface area is 192 Å². The third-order valence-electron chi connectivity index (χ3n) is 6.22. The van der Waals surface area contributed by atoms with E-state index in [9.17, 15) is 18.8 Å². The minimum atomic E-state index is -0.899. The van der Waals surface area contributed by atoms with Crippen molar-refractivity contribution in [3.8, 4) is 5.75 Å². The van der Waals surface area contributed by atoms with Crippen LogP contribution in [0.2, 0.25) is 0 Å². The monoisotopic (exact) mass is 452 g/mol. The van der Waals surface area contributed by atoms with E-state index < -0.39 is 12.0 Å². The van der Waals surface area contributed by atoms with Gasteiger partial charge in [0.1, 0.15) is 17.6 Å². The van der Waals surface area contributed by atoms with Gasteiger partial charge < -0.3 is 15.4 Å². The molecule has 2 N–H and O–H groups in total. The number of hydrogen-bond donors (Lipinski definition) is 2. The van der Waals surface area contributed by atoms with Crippen molar-refractivity contribution < 1.29 is 23.5 Å². The van der Waals surface area contributed by atoms with E-state index in [0.29, 0.717) is 23.3 Å². The maximum Gasteiger partial charge on any atom is 0.226 e. The molecule has 7 heteroatoms. The number of ether oxygens (including phenoxy) is 1. The number of halogens is 1. The fraction of sp³-hybridized carbons (Fsp3) is 0.423. The molecule has 0 aliphatic carbocycles. The van der Waals surface area contributed by atoms with Crippen LogP contribution in [0.15, 0.2) is 36.4 Å². The number of rotatable bonds is 6. The number of benzene rings is 2. The Kier molecular flexibility index (Phi) is 6.23. The first-order chi connectivity index (χ1) is 15.6. The molecule has 2 amide bonds. The highest BCUT2D eigenvalue weighted by atomic mass is 19.1. The zero-order valence-corrected chi connectivity index (χ0v) is 19.2. The third kappa shape index (κ3) is 5.07. The molecule has 6 nitrogen and oxygen atoms in total. The molecule has 0 radical (unpaired) electrons. The average Bonchev–Trinajstić information content (AvgIpc) is 3.39. The topological polar surface area (TPSA) is 84.5 Å². The van der Waals surface area contributed by atoms with Crippen LogP contribution in [0.3, 0.4) is 0 Å². The summed E-state index contributed by atoms with van der Waals surface area (Å²) in [7, 11) is 0. The molecule has 4 rings (SSSR count). The minimum Gasteiger partial charge on any atom is -0.493 e. The van der Waals surface area contributed by atoms with E-state index in [1.165, 1.54) is 6.07 Å². The Morgan fingerprint density at radius 2 is 2.00 bits per heavy atom. The minimum absolute atomic E-state index is 0.0261. The van der Waals surface area contributed by atoms with Gasteiger partial charge in [0.2, 0.25) is 11.8 Å². The molecule has 1 saturated heterocycles. The predicted octanol–water partition coefficient (Wildman–Crippen LogP) is 3.16. The van der Waals surface area contributed by atoms with Crippen molar-refractivity contribution in [3.05, 3.63) is 64.5 Å². The fourth-order valence-electron chi connectivity index (χ4n) is 4.37. The molecule has 2 heterocycles. The molecule has 2 atom stereocenters. The molecular weight excluding hydrogens is 423 g/mol. The van der Waals surface area contributed by atoms with Gasteiger partial charge in [0, 0.05) is 25.8 Å². The number of nitrogens with one attached hydrogen (secondary N) is 2. The number of amides is 2. The summed E-state index contributed by atoms with van der Waals surface area (Å²) in [6.45, 7) is 6.63. The molecule has 0 spiro atoms. The van der Waals surface area contributed by atoms with Crippen LogP contribution in [-0.4, -0.2) is 30.7 Å². The molecule has 1 fully saturated rings. The van der Waals surface area contributed by atoms with E-state index in [2.05, 4.69) is 10.6 Å². The Morgan fingerprint density at radius 3 is 2.67 bits per heavy atom. The fourth-order valence-corrected chi connectivity index (χ4v) is 4.37. The second-order valence-corrected chi connectivity index (χ2v) is 9.82. The van der Waals surface area contributed by atoms with Gasteiger partial charge in [0.15, 0.2) is 5.78 Å². The lowest BCUT2D eigenvalue weighted by Gasteiger charge is -2.22. The van der Waals surface area contributed by atoms with Crippen LogP contribution in [0.25, 0.3) is 0 Å². The summed E-state index contributed by atoms with van der Waals surface area (Å²) in [6, 6.07) is 9.44. The number of ketones is 1. The smallest absolute Gasteiger partial charge is 0.226 e. The van der Waals surface area contributed by atoms with Gasteiger partial charge in [-0.2, -0.15) is 0 Å². The van der Waals surface area contributed by atoms with Crippen LogP contribution < -0.4 is 15.4 Å². The molecule has 2 aliphatic rings. The molecular formula is C26H29FN2O4. The number of carbonyl (C=O) groups is 3. The van der Waals surface area contributed by atoms with Crippen LogP contribution in [0, 0.1) is 11.7 Å². The first kappa shape index (κ1) is 23.0. The van der Waals surface area contributed by atoms with Crippen molar-refractivity contribution in [2.45, 2.75) is 51.5 Å². The van der Waals surface area contributed by atoms with Crippen molar-refractivity contribution >= 4 is 17.6 Å². The zero-order valence-electron chi connectivity index (χ0n) is 19.2. The first-order valence-electron chi connectivity index (χ1n) is 11.3. The highest BCUT2D eigenvalue weighted by Crippen LogP contribution is 2.30. The van der Waals surface area contributed by atoms with Crippen LogP contribution in [0.1, 0.15) is 55.5 Å². The summed E-state index contributed by atoms with van der Waals surface area (Å²) in [5.74, 6) is -0.864. The second kappa shape index (κ2) is 8.96. The van der Waals surface area contributed by atoms with Crippen LogP contribution in [0.4, 0.5) is 4.39 Å². The second-order valence-electron chi connectivity index (χ2n) is 9.82. The average molecular weight is 453 g/mol. The quantitative estimate of drug-likeness (QED) is 0.705. The lowest BCUT2D eigenvalue weighted by molar-refractivity contribution is -0.130. The lowest BCUT2D eigenvalue weighted by Crippen LogP contribution is -2.39. The van der Waals surface area contributed by atoms with Gasteiger partial charge in [-0.3, -0.25) is 14.4 Å². The van der Waals surface area contributed by atoms with E-state index in [0.717, 1.165) is 17.7 Å². The van der Waals surface area contributed by atoms with Gasteiger partial charge in [-0.1, -0.05) is 39.0 Å². The van der Waals surface area contributed by atoms with Crippen molar-refractivity contribution in [1.29, 1.82) is 0 Å². The van der Waals surface area contributed by atoms with E-state index in [1.54, 1.807) is 18.2 Å². The summed E-state index contributed by atoms with van der Waals surface area (Å²) < 4.78 is 20.2. The molecule has 174 valence electrons. The van der Waals surface area contributed by atoms with Gasteiger partial charge in [-0.25, -0.2) is 4.39 Å². The lowest BCUT2D eigenvalue weighted by atomic mass is 9.85. The molecule has 0 bridgehead atoms. The van der Waals surface area contributed by atoms with Crippen molar-refractivity contribution in [1.82, 2.24) is 10.6 Å². The highest BCUT2D eigenvalue weighted by Gasteiger charge is 2.32. The molecule has 0 saturated carbocycles. The SMILES string of the molecule is CC(C)(C)c1ccc(CC(=O)C(NC(=O)[C@@H]2CNC(=O)C2)c2ccc3c(c2)CCO3)cc1F. The Morgan fingerprint density at radius 1 is 1.21 bits per heavy atom. The largest absolute Gasteiger partial charge is 0.493 e. The summed E-state index contributed by atoms with van der Waals surface area (Å²) in [4.78, 5) is 37.7. The number of Topliss-reactive ketones (excluding diaryl/α,β-unsaturated/α-hetero) is 1. The zero-order chi connectivity index (χ0) is 23.8. The highest BCUT2D eigenvalue weighted by molar-refractivity contribution is 5.94. The van der Waals surface area contributed by atoms with Gasteiger partial charge >= 0.3 is 0 Å². The van der Waals surface area contributed by atoms with Crippen LogP contribution >= 0.6 is 0 Å². The maximum absolute atomic E-state index is 14.7. The summed E-state index contributed by atoms with van der Waals surface area (Å²) >= 11 is 0. The summed E-state index contributed by atoms with van der Waals surface area (Å²) in [6.07, 6.45) is 0.810. The van der Waals surface area contributed by atoms with Gasteiger partial charge in [-0.05, 0) is 45.9 Å². The van der Waals surface area contributed by atoms with Crippen LogP contribution in [0.5, 0.6) is 5.75 Å².